The van der Waals surface area contributed by atoms with Crippen LogP contribution in [-0.2, 0) is 16.0 Å². The Morgan fingerprint density at radius 3 is 2.52 bits per heavy atom. The summed E-state index contributed by atoms with van der Waals surface area (Å²) in [5.74, 6) is 0.108. The Labute approximate surface area is 170 Å². The number of phenolic OH excluding ortho intramolecular Hbond substituents is 1. The number of nitrogens with zero attached hydrogens (tertiary/aromatic N) is 1. The summed E-state index contributed by atoms with van der Waals surface area (Å²) in [6, 6.07) is 9.36. The number of pyridine rings is 1. The Hall–Kier alpha value is -2.93. The van der Waals surface area contributed by atoms with Crippen molar-refractivity contribution in [2.24, 2.45) is 17.6 Å². The molecule has 0 bridgehead atoms. The highest BCUT2D eigenvalue weighted by atomic mass is 16.3. The van der Waals surface area contributed by atoms with Gasteiger partial charge in [0.1, 0.15) is 11.8 Å². The van der Waals surface area contributed by atoms with E-state index in [1.807, 2.05) is 6.07 Å². The highest BCUT2D eigenvalue weighted by molar-refractivity contribution is 5.97. The average Bonchev–Trinajstić information content (AvgIpc) is 2.74. The van der Waals surface area contributed by atoms with Gasteiger partial charge in [0.15, 0.2) is 0 Å². The van der Waals surface area contributed by atoms with Crippen LogP contribution in [0.2, 0.25) is 0 Å². The number of anilines is 1. The second-order valence-corrected chi connectivity index (χ2v) is 7.61. The van der Waals surface area contributed by atoms with Gasteiger partial charge in [-0.15, -0.1) is 0 Å². The van der Waals surface area contributed by atoms with Crippen molar-refractivity contribution in [3.63, 3.8) is 0 Å². The van der Waals surface area contributed by atoms with Crippen LogP contribution in [0.15, 0.2) is 48.8 Å². The van der Waals surface area contributed by atoms with Crippen molar-refractivity contribution in [3.8, 4) is 5.75 Å². The second kappa shape index (κ2) is 10.0. The topological polar surface area (TPSA) is 117 Å². The highest BCUT2D eigenvalue weighted by Crippen LogP contribution is 2.28. The number of nitrogens with two attached hydrogens (primary N) is 1. The SMILES string of the molecule is NCC1CCC(C(=O)N[C@@H](Cc2cccc(O)c2)C(=O)Nc2ccncc2)CC1. The minimum atomic E-state index is -0.746. The van der Waals surface area contributed by atoms with Gasteiger partial charge in [-0.2, -0.15) is 0 Å². The number of hydrogen-bond donors (Lipinski definition) is 4. The number of aromatic hydroxyl groups is 1. The fourth-order valence-corrected chi connectivity index (χ4v) is 3.74. The van der Waals surface area contributed by atoms with Crippen molar-refractivity contribution < 1.29 is 14.7 Å². The first-order valence-electron chi connectivity index (χ1n) is 10.0. The largest absolute Gasteiger partial charge is 0.508 e. The predicted molar refractivity (Wildman–Crippen MR) is 111 cm³/mol. The van der Waals surface area contributed by atoms with Crippen LogP contribution in [0.1, 0.15) is 31.2 Å². The summed E-state index contributed by atoms with van der Waals surface area (Å²) in [4.78, 5) is 29.7. The van der Waals surface area contributed by atoms with E-state index in [0.717, 1.165) is 31.2 Å². The first kappa shape index (κ1) is 20.8. The van der Waals surface area contributed by atoms with E-state index < -0.39 is 6.04 Å². The number of nitrogens with one attached hydrogen (secondary N) is 2. The molecule has 2 amide bonds. The van der Waals surface area contributed by atoms with E-state index in [9.17, 15) is 14.7 Å². The molecular weight excluding hydrogens is 368 g/mol. The van der Waals surface area contributed by atoms with Crippen LogP contribution >= 0.6 is 0 Å². The number of carbonyl (C=O) groups excluding carboxylic acids is 2. The van der Waals surface area contributed by atoms with Crippen molar-refractivity contribution in [2.75, 3.05) is 11.9 Å². The van der Waals surface area contributed by atoms with Crippen LogP contribution < -0.4 is 16.4 Å². The normalized spacial score (nSPS) is 19.9. The van der Waals surface area contributed by atoms with E-state index in [1.165, 1.54) is 0 Å². The zero-order chi connectivity index (χ0) is 20.6. The lowest BCUT2D eigenvalue weighted by atomic mass is 9.81. The lowest BCUT2D eigenvalue weighted by molar-refractivity contribution is -0.130. The molecule has 0 aliphatic heterocycles. The number of aromatic nitrogens is 1. The van der Waals surface area contributed by atoms with Gasteiger partial charge in [-0.25, -0.2) is 0 Å². The third-order valence-corrected chi connectivity index (χ3v) is 5.48. The number of phenols is 1. The summed E-state index contributed by atoms with van der Waals surface area (Å²) in [6.07, 6.45) is 6.93. The molecular formula is C22H28N4O3. The molecule has 154 valence electrons. The lowest BCUT2D eigenvalue weighted by Gasteiger charge is -2.28. The van der Waals surface area contributed by atoms with Crippen molar-refractivity contribution in [1.82, 2.24) is 10.3 Å². The molecule has 0 radical (unpaired) electrons. The minimum Gasteiger partial charge on any atom is -0.508 e. The number of rotatable bonds is 7. The van der Waals surface area contributed by atoms with E-state index in [2.05, 4.69) is 15.6 Å². The first-order chi connectivity index (χ1) is 14.0. The van der Waals surface area contributed by atoms with Crippen LogP contribution in [0.25, 0.3) is 0 Å². The molecule has 1 atom stereocenters. The predicted octanol–water partition coefficient (Wildman–Crippen LogP) is 2.22. The first-order valence-corrected chi connectivity index (χ1v) is 10.0. The van der Waals surface area contributed by atoms with Gasteiger partial charge < -0.3 is 21.5 Å². The summed E-state index contributed by atoms with van der Waals surface area (Å²) < 4.78 is 0. The Balaban J connectivity index is 1.69. The van der Waals surface area contributed by atoms with E-state index >= 15 is 0 Å². The maximum atomic E-state index is 12.9. The summed E-state index contributed by atoms with van der Waals surface area (Å²) in [7, 11) is 0. The lowest BCUT2D eigenvalue weighted by Crippen LogP contribution is -2.48. The maximum Gasteiger partial charge on any atom is 0.247 e. The molecule has 1 fully saturated rings. The molecule has 1 aromatic heterocycles. The van der Waals surface area contributed by atoms with E-state index in [4.69, 9.17) is 5.73 Å². The number of hydrogen-bond acceptors (Lipinski definition) is 5. The monoisotopic (exact) mass is 396 g/mol. The van der Waals surface area contributed by atoms with Gasteiger partial charge in [0.2, 0.25) is 11.8 Å². The number of carbonyl (C=O) groups is 2. The molecule has 1 saturated carbocycles. The van der Waals surface area contributed by atoms with Gasteiger partial charge in [0.25, 0.3) is 0 Å². The number of amides is 2. The minimum absolute atomic E-state index is 0.0989. The zero-order valence-corrected chi connectivity index (χ0v) is 16.4. The van der Waals surface area contributed by atoms with Gasteiger partial charge in [-0.3, -0.25) is 14.6 Å². The molecule has 1 aromatic carbocycles. The van der Waals surface area contributed by atoms with Crippen molar-refractivity contribution in [3.05, 3.63) is 54.4 Å². The summed E-state index contributed by atoms with van der Waals surface area (Å²) in [5, 5.41) is 15.5. The van der Waals surface area contributed by atoms with Gasteiger partial charge in [0.05, 0.1) is 0 Å². The molecule has 1 aliphatic carbocycles. The van der Waals surface area contributed by atoms with Crippen LogP contribution in [0.5, 0.6) is 5.75 Å². The average molecular weight is 396 g/mol. The smallest absolute Gasteiger partial charge is 0.247 e. The highest BCUT2D eigenvalue weighted by Gasteiger charge is 2.29. The second-order valence-electron chi connectivity index (χ2n) is 7.61. The van der Waals surface area contributed by atoms with Crippen molar-refractivity contribution in [1.29, 1.82) is 0 Å². The Morgan fingerprint density at radius 2 is 1.86 bits per heavy atom. The summed E-state index contributed by atoms with van der Waals surface area (Å²) in [5.41, 5.74) is 7.12. The molecule has 0 spiro atoms. The quantitative estimate of drug-likeness (QED) is 0.572. The molecule has 7 heteroatoms. The summed E-state index contributed by atoms with van der Waals surface area (Å²) in [6.45, 7) is 0.656. The Bertz CT molecular complexity index is 820. The Kier molecular flexibility index (Phi) is 7.19. The van der Waals surface area contributed by atoms with E-state index in [-0.39, 0.29) is 29.9 Å². The van der Waals surface area contributed by atoms with Crippen LogP contribution in [0.3, 0.4) is 0 Å². The van der Waals surface area contributed by atoms with Crippen molar-refractivity contribution in [2.45, 2.75) is 38.1 Å². The zero-order valence-electron chi connectivity index (χ0n) is 16.4. The summed E-state index contributed by atoms with van der Waals surface area (Å²) >= 11 is 0. The molecule has 1 aliphatic rings. The molecule has 2 aromatic rings. The van der Waals surface area contributed by atoms with Crippen LogP contribution in [-0.4, -0.2) is 34.5 Å². The van der Waals surface area contributed by atoms with Gasteiger partial charge in [0, 0.05) is 30.4 Å². The van der Waals surface area contributed by atoms with Gasteiger partial charge in [-0.1, -0.05) is 12.1 Å². The Morgan fingerprint density at radius 1 is 1.14 bits per heavy atom. The van der Waals surface area contributed by atoms with E-state index in [1.54, 1.807) is 42.7 Å². The van der Waals surface area contributed by atoms with Gasteiger partial charge >= 0.3 is 0 Å². The van der Waals surface area contributed by atoms with Crippen molar-refractivity contribution >= 4 is 17.5 Å². The van der Waals surface area contributed by atoms with Crippen LogP contribution in [0, 0.1) is 11.8 Å². The molecule has 1 heterocycles. The fraction of sp³-hybridized carbons (Fsp3) is 0.409. The number of benzene rings is 1. The standard InChI is InChI=1S/C22H28N4O3/c23-14-15-4-6-17(7-5-15)21(28)26-20(13-16-2-1-3-19(27)12-16)22(29)25-18-8-10-24-11-9-18/h1-3,8-12,15,17,20,27H,4-7,13-14,23H2,(H,26,28)(H,24,25,29)/t15?,17?,20-/m0/s1. The molecule has 0 saturated heterocycles. The molecule has 0 unspecified atom stereocenters. The van der Waals surface area contributed by atoms with E-state index in [0.29, 0.717) is 18.2 Å². The fourth-order valence-electron chi connectivity index (χ4n) is 3.74. The van der Waals surface area contributed by atoms with Gasteiger partial charge in [-0.05, 0) is 68.0 Å². The molecule has 3 rings (SSSR count). The molecule has 29 heavy (non-hydrogen) atoms. The third kappa shape index (κ3) is 6.02. The van der Waals surface area contributed by atoms with Crippen LogP contribution in [0.4, 0.5) is 5.69 Å². The molecule has 7 nitrogen and oxygen atoms in total. The maximum absolute atomic E-state index is 12.9. The third-order valence-electron chi connectivity index (χ3n) is 5.48. The molecule has 5 N–H and O–H groups in total.